The normalized spacial score (nSPS) is 12.7. The predicted octanol–water partition coefficient (Wildman–Crippen LogP) is 8.28. The van der Waals surface area contributed by atoms with Crippen LogP contribution in [0.3, 0.4) is 0 Å². The molecule has 0 atom stereocenters. The Labute approximate surface area is 233 Å². The van der Waals surface area contributed by atoms with Crippen LogP contribution in [-0.2, 0) is 11.3 Å². The van der Waals surface area contributed by atoms with E-state index >= 15 is 0 Å². The van der Waals surface area contributed by atoms with Gasteiger partial charge < -0.3 is 9.64 Å². The minimum absolute atomic E-state index is 0.0126. The number of benzene rings is 4. The number of aromatic nitrogens is 1. The van der Waals surface area contributed by atoms with Crippen LogP contribution in [0.2, 0.25) is 5.02 Å². The zero-order valence-electron chi connectivity index (χ0n) is 21.8. The lowest BCUT2D eigenvalue weighted by Gasteiger charge is -2.30. The third kappa shape index (κ3) is 5.29. The molecule has 0 saturated carbocycles. The molecule has 39 heavy (non-hydrogen) atoms. The predicted molar refractivity (Wildman–Crippen MR) is 158 cm³/mol. The van der Waals surface area contributed by atoms with Gasteiger partial charge in [0.1, 0.15) is 5.75 Å². The van der Waals surface area contributed by atoms with E-state index in [0.29, 0.717) is 17.3 Å². The topological polar surface area (TPSA) is 42.4 Å². The molecule has 0 saturated heterocycles. The highest BCUT2D eigenvalue weighted by Crippen LogP contribution is 2.38. The molecule has 0 unspecified atom stereocenters. The number of carbonyl (C=O) groups excluding carboxylic acids is 1. The summed E-state index contributed by atoms with van der Waals surface area (Å²) in [5.41, 5.74) is 10.0. The summed E-state index contributed by atoms with van der Waals surface area (Å²) in [7, 11) is 0. The molecule has 0 radical (unpaired) electrons. The van der Waals surface area contributed by atoms with Crippen molar-refractivity contribution in [1.82, 2.24) is 4.98 Å². The van der Waals surface area contributed by atoms with E-state index < -0.39 is 0 Å². The number of anilines is 1. The molecule has 1 amide bonds. The van der Waals surface area contributed by atoms with Gasteiger partial charge in [-0.15, -0.1) is 0 Å². The molecule has 2 heterocycles. The summed E-state index contributed by atoms with van der Waals surface area (Å²) in [5, 5.41) is 0.665. The maximum Gasteiger partial charge on any atom is 0.265 e. The number of hydrogen-bond acceptors (Lipinski definition) is 3. The summed E-state index contributed by atoms with van der Waals surface area (Å²) in [4.78, 5) is 19.8. The Morgan fingerprint density at radius 1 is 0.718 bits per heavy atom. The lowest BCUT2D eigenvalue weighted by atomic mass is 9.98. The fraction of sp³-hybridized carbons (Fsp3) is 0.118. The van der Waals surface area contributed by atoms with E-state index in [1.54, 1.807) is 4.90 Å². The molecule has 1 aliphatic heterocycles. The third-order valence-corrected chi connectivity index (χ3v) is 7.26. The number of pyridine rings is 1. The summed E-state index contributed by atoms with van der Waals surface area (Å²) in [5.74, 6) is 0.595. The van der Waals surface area contributed by atoms with Crippen molar-refractivity contribution >= 4 is 23.2 Å². The van der Waals surface area contributed by atoms with Gasteiger partial charge >= 0.3 is 0 Å². The number of aryl methyl sites for hydroxylation is 2. The van der Waals surface area contributed by atoms with Gasteiger partial charge in [0.25, 0.3) is 5.91 Å². The van der Waals surface area contributed by atoms with Crippen LogP contribution in [0, 0.1) is 13.8 Å². The first-order chi connectivity index (χ1) is 18.9. The first-order valence-corrected chi connectivity index (χ1v) is 13.3. The lowest BCUT2D eigenvalue weighted by molar-refractivity contribution is -0.121. The molecule has 0 spiro atoms. The van der Waals surface area contributed by atoms with E-state index in [4.69, 9.17) is 21.3 Å². The van der Waals surface area contributed by atoms with Crippen LogP contribution in [-0.4, -0.2) is 17.5 Å². The molecule has 4 aromatic carbocycles. The van der Waals surface area contributed by atoms with Gasteiger partial charge in [-0.25, -0.2) is 4.98 Å². The van der Waals surface area contributed by atoms with Gasteiger partial charge in [0, 0.05) is 16.1 Å². The Balaban J connectivity index is 1.45. The van der Waals surface area contributed by atoms with Crippen molar-refractivity contribution in [1.29, 1.82) is 0 Å². The Hall–Kier alpha value is -4.41. The van der Waals surface area contributed by atoms with Gasteiger partial charge in [-0.1, -0.05) is 83.4 Å². The Bertz CT molecular complexity index is 1600. The number of rotatable bonds is 5. The van der Waals surface area contributed by atoms with E-state index in [1.165, 1.54) is 11.1 Å². The van der Waals surface area contributed by atoms with Crippen molar-refractivity contribution in [2.24, 2.45) is 0 Å². The molecule has 6 rings (SSSR count). The molecule has 4 nitrogen and oxygen atoms in total. The molecule has 5 heteroatoms. The van der Waals surface area contributed by atoms with Crippen LogP contribution in [0.15, 0.2) is 103 Å². The fourth-order valence-electron chi connectivity index (χ4n) is 4.77. The summed E-state index contributed by atoms with van der Waals surface area (Å²) in [6, 6.07) is 34.7. The van der Waals surface area contributed by atoms with Gasteiger partial charge in [-0.3, -0.25) is 4.79 Å². The first kappa shape index (κ1) is 24.9. The Morgan fingerprint density at radius 2 is 1.31 bits per heavy atom. The summed E-state index contributed by atoms with van der Waals surface area (Å²) >= 11 is 6.07. The minimum Gasteiger partial charge on any atom is -0.482 e. The number of hydrogen-bond donors (Lipinski definition) is 0. The van der Waals surface area contributed by atoms with Crippen molar-refractivity contribution in [3.05, 3.63) is 125 Å². The monoisotopic (exact) mass is 530 g/mol. The van der Waals surface area contributed by atoms with E-state index in [2.05, 4.69) is 74.5 Å². The van der Waals surface area contributed by atoms with Crippen LogP contribution < -0.4 is 9.64 Å². The van der Waals surface area contributed by atoms with Crippen LogP contribution in [0.25, 0.3) is 33.6 Å². The standard InChI is InChI=1S/C34H27ClN2O2/c1-22-3-9-25(10-4-22)28-17-30(26-11-5-23(2)6-12-26)36-31(18-28)27-13-16-33-32(19-27)37(34(38)21-39-33)20-24-7-14-29(35)15-8-24/h3-19H,20-21H2,1-2H3. The maximum absolute atomic E-state index is 13.0. The minimum atomic E-state index is -0.0868. The maximum atomic E-state index is 13.0. The van der Waals surface area contributed by atoms with Gasteiger partial charge in [-0.05, 0) is 73.0 Å². The SMILES string of the molecule is Cc1ccc(-c2cc(-c3ccc(C)cc3)nc(-c3ccc4c(c3)N(Cc3ccc(Cl)cc3)C(=O)CO4)c2)cc1. The van der Waals surface area contributed by atoms with Crippen molar-refractivity contribution in [2.45, 2.75) is 20.4 Å². The molecular formula is C34H27ClN2O2. The van der Waals surface area contributed by atoms with Crippen LogP contribution >= 0.6 is 11.6 Å². The van der Waals surface area contributed by atoms with Crippen molar-refractivity contribution in [3.63, 3.8) is 0 Å². The molecule has 192 valence electrons. The molecule has 5 aromatic rings. The Kier molecular flexibility index (Phi) is 6.64. The molecule has 0 bridgehead atoms. The number of halogens is 1. The molecule has 0 N–H and O–H groups in total. The summed E-state index contributed by atoms with van der Waals surface area (Å²) in [6.07, 6.45) is 0. The molecule has 0 aliphatic carbocycles. The summed E-state index contributed by atoms with van der Waals surface area (Å²) in [6.45, 7) is 4.61. The number of amides is 1. The van der Waals surface area contributed by atoms with Crippen LogP contribution in [0.1, 0.15) is 16.7 Å². The number of carbonyl (C=O) groups is 1. The second kappa shape index (κ2) is 10.4. The average molecular weight is 531 g/mol. The van der Waals surface area contributed by atoms with Gasteiger partial charge in [0.2, 0.25) is 0 Å². The van der Waals surface area contributed by atoms with Crippen molar-refractivity contribution in [2.75, 3.05) is 11.5 Å². The van der Waals surface area contributed by atoms with E-state index in [1.807, 2.05) is 42.5 Å². The number of ether oxygens (including phenoxy) is 1. The van der Waals surface area contributed by atoms with E-state index in [-0.39, 0.29) is 12.5 Å². The summed E-state index contributed by atoms with van der Waals surface area (Å²) < 4.78 is 5.79. The van der Waals surface area contributed by atoms with Crippen LogP contribution in [0.5, 0.6) is 5.75 Å². The highest BCUT2D eigenvalue weighted by Gasteiger charge is 2.26. The number of nitrogens with zero attached hydrogens (tertiary/aromatic N) is 2. The fourth-order valence-corrected chi connectivity index (χ4v) is 4.90. The van der Waals surface area contributed by atoms with Crippen molar-refractivity contribution in [3.8, 4) is 39.4 Å². The zero-order chi connectivity index (χ0) is 26.9. The lowest BCUT2D eigenvalue weighted by Crippen LogP contribution is -2.38. The third-order valence-electron chi connectivity index (χ3n) is 7.01. The van der Waals surface area contributed by atoms with Crippen LogP contribution in [0.4, 0.5) is 5.69 Å². The average Bonchev–Trinajstić information content (AvgIpc) is 2.96. The molecule has 1 aliphatic rings. The van der Waals surface area contributed by atoms with Crippen molar-refractivity contribution < 1.29 is 9.53 Å². The van der Waals surface area contributed by atoms with Gasteiger partial charge in [0.05, 0.1) is 23.6 Å². The molecule has 0 fully saturated rings. The van der Waals surface area contributed by atoms with Gasteiger partial charge in [0.15, 0.2) is 6.61 Å². The second-order valence-corrected chi connectivity index (χ2v) is 10.4. The second-order valence-electron chi connectivity index (χ2n) is 9.94. The molecular weight excluding hydrogens is 504 g/mol. The molecule has 1 aromatic heterocycles. The quantitative estimate of drug-likeness (QED) is 0.229. The first-order valence-electron chi connectivity index (χ1n) is 12.9. The number of fused-ring (bicyclic) bond motifs is 1. The Morgan fingerprint density at radius 3 is 1.97 bits per heavy atom. The largest absolute Gasteiger partial charge is 0.482 e. The highest BCUT2D eigenvalue weighted by atomic mass is 35.5. The zero-order valence-corrected chi connectivity index (χ0v) is 22.6. The van der Waals surface area contributed by atoms with E-state index in [0.717, 1.165) is 44.9 Å². The smallest absolute Gasteiger partial charge is 0.265 e. The van der Waals surface area contributed by atoms with E-state index in [9.17, 15) is 4.79 Å². The van der Waals surface area contributed by atoms with Gasteiger partial charge in [-0.2, -0.15) is 0 Å². The highest BCUT2D eigenvalue weighted by molar-refractivity contribution is 6.30.